The van der Waals surface area contributed by atoms with Crippen LogP contribution in [0.3, 0.4) is 0 Å². The highest BCUT2D eigenvalue weighted by atomic mass is 16.7. The van der Waals surface area contributed by atoms with Gasteiger partial charge in [0.2, 0.25) is 5.91 Å². The smallest absolute Gasteiger partial charge is 0.297 e. The van der Waals surface area contributed by atoms with Gasteiger partial charge in [0, 0.05) is 19.2 Å². The van der Waals surface area contributed by atoms with Gasteiger partial charge in [-0.05, 0) is 0 Å². The molecule has 0 rings (SSSR count). The van der Waals surface area contributed by atoms with Crippen LogP contribution in [0.1, 0.15) is 0 Å². The third-order valence-electron chi connectivity index (χ3n) is 0.705. The molecule has 0 unspecified atom stereocenters. The fourth-order valence-electron chi connectivity index (χ4n) is 0.271. The van der Waals surface area contributed by atoms with Gasteiger partial charge in [0.15, 0.2) is 0 Å². The van der Waals surface area contributed by atoms with Gasteiger partial charge in [-0.1, -0.05) is 0 Å². The van der Waals surface area contributed by atoms with Crippen LogP contribution >= 0.6 is 0 Å². The van der Waals surface area contributed by atoms with Gasteiger partial charge < -0.3 is 20.6 Å². The summed E-state index contributed by atoms with van der Waals surface area (Å²) in [6.07, 6.45) is 1.35. The van der Waals surface area contributed by atoms with Gasteiger partial charge in [-0.3, -0.25) is 4.79 Å². The van der Waals surface area contributed by atoms with Gasteiger partial charge in [0.1, 0.15) is 0 Å². The molecule has 0 fully saturated rings. The topological polar surface area (TPSA) is 89.8 Å². The third-order valence-corrected chi connectivity index (χ3v) is 0.705. The lowest BCUT2D eigenvalue weighted by Gasteiger charge is -2.05. The molecule has 0 aromatic heterocycles. The van der Waals surface area contributed by atoms with Gasteiger partial charge in [0.25, 0.3) is 5.97 Å². The van der Waals surface area contributed by atoms with Crippen LogP contribution in [0.5, 0.6) is 0 Å². The Labute approximate surface area is 57.6 Å². The highest BCUT2D eigenvalue weighted by molar-refractivity contribution is 5.87. The van der Waals surface area contributed by atoms with E-state index < -0.39 is 11.9 Å². The van der Waals surface area contributed by atoms with E-state index in [-0.39, 0.29) is 0 Å². The molecule has 0 aliphatic rings. The molecule has 4 N–H and O–H groups in total. The van der Waals surface area contributed by atoms with E-state index in [2.05, 4.69) is 5.32 Å². The number of amides is 1. The van der Waals surface area contributed by atoms with E-state index in [1.807, 2.05) is 0 Å². The molecule has 0 saturated heterocycles. The molecule has 5 heteroatoms. The van der Waals surface area contributed by atoms with E-state index in [1.165, 1.54) is 7.05 Å². The Hall–Kier alpha value is -0.910. The van der Waals surface area contributed by atoms with Crippen molar-refractivity contribution in [3.8, 4) is 0 Å². The maximum atomic E-state index is 10.3. The molecule has 0 aliphatic heterocycles. The highest BCUT2D eigenvalue weighted by Crippen LogP contribution is 1.92. The van der Waals surface area contributed by atoms with Crippen LogP contribution < -0.4 is 5.32 Å². The Kier molecular flexibility index (Phi) is 3.01. The summed E-state index contributed by atoms with van der Waals surface area (Å²) in [6, 6.07) is 0. The summed E-state index contributed by atoms with van der Waals surface area (Å²) in [5.41, 5.74) is 0. The second kappa shape index (κ2) is 3.31. The van der Waals surface area contributed by atoms with Gasteiger partial charge in [0.05, 0.1) is 0 Å². The molecule has 0 radical (unpaired) electrons. The first kappa shape index (κ1) is 9.09. The van der Waals surface area contributed by atoms with E-state index in [1.54, 1.807) is 0 Å². The Morgan fingerprint density at radius 3 is 2.30 bits per heavy atom. The zero-order valence-electron chi connectivity index (χ0n) is 5.40. The summed E-state index contributed by atoms with van der Waals surface area (Å²) in [6.45, 7) is 0. The molecule has 0 saturated carbocycles. The number of aliphatic hydroxyl groups is 3. The van der Waals surface area contributed by atoms with Gasteiger partial charge >= 0.3 is 0 Å². The molecule has 1 amide bonds. The molecular weight excluding hydrogens is 138 g/mol. The minimum atomic E-state index is -2.91. The summed E-state index contributed by atoms with van der Waals surface area (Å²) in [4.78, 5) is 10.3. The van der Waals surface area contributed by atoms with Crippen molar-refractivity contribution in [1.82, 2.24) is 5.32 Å². The van der Waals surface area contributed by atoms with Crippen LogP contribution in [0.2, 0.25) is 0 Å². The van der Waals surface area contributed by atoms with Crippen molar-refractivity contribution in [2.75, 3.05) is 7.05 Å². The fourth-order valence-corrected chi connectivity index (χ4v) is 0.271. The zero-order chi connectivity index (χ0) is 8.20. The molecule has 0 aromatic carbocycles. The van der Waals surface area contributed by atoms with Gasteiger partial charge in [-0.2, -0.15) is 0 Å². The van der Waals surface area contributed by atoms with Crippen LogP contribution in [0.15, 0.2) is 12.2 Å². The standard InChI is InChI=1S/C5H9NO4/c1-6-4(7)2-3-5(8,9)10/h2-3,8-10H,1H3,(H,6,7). The van der Waals surface area contributed by atoms with Crippen LogP contribution in [-0.2, 0) is 4.79 Å². The Morgan fingerprint density at radius 2 is 2.00 bits per heavy atom. The molecule has 10 heavy (non-hydrogen) atoms. The number of likely N-dealkylation sites (N-methyl/N-ethyl adjacent to an activating group) is 1. The van der Waals surface area contributed by atoms with E-state index in [0.717, 1.165) is 6.08 Å². The lowest BCUT2D eigenvalue weighted by atomic mass is 10.4. The molecule has 0 atom stereocenters. The highest BCUT2D eigenvalue weighted by Gasteiger charge is 2.11. The Morgan fingerprint density at radius 1 is 1.50 bits per heavy atom. The summed E-state index contributed by atoms with van der Waals surface area (Å²) in [5.74, 6) is -3.44. The van der Waals surface area contributed by atoms with Crippen molar-refractivity contribution in [3.63, 3.8) is 0 Å². The van der Waals surface area contributed by atoms with Crippen molar-refractivity contribution in [1.29, 1.82) is 0 Å². The second-order valence-corrected chi connectivity index (χ2v) is 1.63. The number of carbonyl (C=O) groups excluding carboxylic acids is 1. The molecule has 0 heterocycles. The largest absolute Gasteiger partial charge is 0.356 e. The zero-order valence-corrected chi connectivity index (χ0v) is 5.40. The summed E-state index contributed by atoms with van der Waals surface area (Å²) in [7, 11) is 1.38. The van der Waals surface area contributed by atoms with Crippen molar-refractivity contribution < 1.29 is 20.1 Å². The maximum Gasteiger partial charge on any atom is 0.297 e. The summed E-state index contributed by atoms with van der Waals surface area (Å²) in [5, 5.41) is 26.8. The Balaban J connectivity index is 3.88. The van der Waals surface area contributed by atoms with Crippen LogP contribution in [0.4, 0.5) is 0 Å². The second-order valence-electron chi connectivity index (χ2n) is 1.63. The first-order valence-corrected chi connectivity index (χ1v) is 2.54. The summed E-state index contributed by atoms with van der Waals surface area (Å²) < 4.78 is 0. The SMILES string of the molecule is CNC(=O)C=CC(O)(O)O. The van der Waals surface area contributed by atoms with E-state index >= 15 is 0 Å². The lowest BCUT2D eigenvalue weighted by Crippen LogP contribution is -2.25. The fraction of sp³-hybridized carbons (Fsp3) is 0.400. The minimum absolute atomic E-state index is 0.526. The molecular formula is C5H9NO4. The van der Waals surface area contributed by atoms with Crippen molar-refractivity contribution >= 4 is 5.91 Å². The molecule has 0 aromatic rings. The molecule has 5 nitrogen and oxygen atoms in total. The molecule has 0 spiro atoms. The first-order chi connectivity index (χ1) is 4.45. The quantitative estimate of drug-likeness (QED) is 0.266. The van der Waals surface area contributed by atoms with Crippen molar-refractivity contribution in [3.05, 3.63) is 12.2 Å². The van der Waals surface area contributed by atoms with Gasteiger partial charge in [-0.15, -0.1) is 0 Å². The molecule has 58 valence electrons. The number of hydrogen-bond acceptors (Lipinski definition) is 4. The minimum Gasteiger partial charge on any atom is -0.356 e. The van der Waals surface area contributed by atoms with E-state index in [9.17, 15) is 4.79 Å². The predicted molar refractivity (Wildman–Crippen MR) is 32.6 cm³/mol. The maximum absolute atomic E-state index is 10.3. The van der Waals surface area contributed by atoms with Crippen molar-refractivity contribution in [2.24, 2.45) is 0 Å². The van der Waals surface area contributed by atoms with Crippen LogP contribution in [0.25, 0.3) is 0 Å². The molecule has 0 bridgehead atoms. The van der Waals surface area contributed by atoms with Crippen LogP contribution in [-0.4, -0.2) is 34.2 Å². The number of nitrogens with one attached hydrogen (secondary N) is 1. The summed E-state index contributed by atoms with van der Waals surface area (Å²) >= 11 is 0. The van der Waals surface area contributed by atoms with Crippen molar-refractivity contribution in [2.45, 2.75) is 5.97 Å². The van der Waals surface area contributed by atoms with Gasteiger partial charge in [-0.25, -0.2) is 0 Å². The van der Waals surface area contributed by atoms with E-state index in [0.29, 0.717) is 6.08 Å². The monoisotopic (exact) mass is 147 g/mol. The average molecular weight is 147 g/mol. The predicted octanol–water partition coefficient (Wildman–Crippen LogP) is -2.08. The lowest BCUT2D eigenvalue weighted by molar-refractivity contribution is -0.273. The number of carbonyl (C=O) groups is 1. The average Bonchev–Trinajstić information content (AvgIpc) is 1.81. The van der Waals surface area contributed by atoms with E-state index in [4.69, 9.17) is 15.3 Å². The number of hydrogen-bond donors (Lipinski definition) is 4. The first-order valence-electron chi connectivity index (χ1n) is 2.54. The number of rotatable bonds is 2. The Bertz CT molecular complexity index is 146. The normalized spacial score (nSPS) is 12.0. The molecule has 0 aliphatic carbocycles. The van der Waals surface area contributed by atoms with Crippen LogP contribution in [0, 0.1) is 0 Å². The third kappa shape index (κ3) is 5.23.